The average molecular weight is 323 g/mol. The van der Waals surface area contributed by atoms with Crippen LogP contribution in [0.15, 0.2) is 40.8 Å². The molecule has 1 aliphatic carbocycles. The van der Waals surface area contributed by atoms with Crippen LogP contribution in [0.2, 0.25) is 0 Å². The Labute approximate surface area is 128 Å². The molecule has 2 N–H and O–H groups in total. The van der Waals surface area contributed by atoms with Crippen molar-refractivity contribution in [3.05, 3.63) is 41.5 Å². The van der Waals surface area contributed by atoms with E-state index in [1.807, 2.05) is 6.92 Å². The quantitative estimate of drug-likeness (QED) is 0.810. The minimum Gasteiger partial charge on any atom is -0.390 e. The summed E-state index contributed by atoms with van der Waals surface area (Å²) < 4.78 is 26.1. The lowest BCUT2D eigenvalue weighted by Crippen LogP contribution is -2.32. The van der Waals surface area contributed by atoms with Gasteiger partial charge in [0.1, 0.15) is 0 Å². The summed E-state index contributed by atoms with van der Waals surface area (Å²) in [7, 11) is -3.92. The number of hydrogen-bond donors (Lipinski definition) is 2. The van der Waals surface area contributed by atoms with Crippen LogP contribution < -0.4 is 0 Å². The summed E-state index contributed by atoms with van der Waals surface area (Å²) in [6.45, 7) is 1.85. The Morgan fingerprint density at radius 2 is 1.82 bits per heavy atom. The number of sulfonamides is 1. The van der Waals surface area contributed by atoms with Crippen LogP contribution >= 0.6 is 0 Å². The van der Waals surface area contributed by atoms with Crippen molar-refractivity contribution in [2.24, 2.45) is 5.92 Å². The maximum absolute atomic E-state index is 12.6. The first-order valence-electron chi connectivity index (χ1n) is 7.02. The second-order valence-corrected chi connectivity index (χ2v) is 7.63. The van der Waals surface area contributed by atoms with Crippen molar-refractivity contribution in [3.8, 4) is 0 Å². The normalized spacial score (nSPS) is 28.5. The molecule has 6 nitrogen and oxygen atoms in total. The number of carbonyl (C=O) groups excluding carboxylic acids is 1. The van der Waals surface area contributed by atoms with E-state index in [4.69, 9.17) is 0 Å². The molecule has 1 amide bonds. The zero-order valence-corrected chi connectivity index (χ0v) is 12.8. The van der Waals surface area contributed by atoms with Gasteiger partial charge in [-0.2, -0.15) is 0 Å². The Morgan fingerprint density at radius 3 is 2.45 bits per heavy atom. The van der Waals surface area contributed by atoms with Crippen LogP contribution in [0, 0.1) is 12.8 Å². The van der Waals surface area contributed by atoms with E-state index in [0.29, 0.717) is 0 Å². The Hall–Kier alpha value is -1.70. The molecule has 0 bridgehead atoms. The van der Waals surface area contributed by atoms with Gasteiger partial charge in [-0.15, -0.1) is 0 Å². The third-order valence-corrected chi connectivity index (χ3v) is 5.94. The molecule has 0 spiro atoms. The number of aryl methyl sites for hydroxylation is 1. The maximum atomic E-state index is 12.6. The summed E-state index contributed by atoms with van der Waals surface area (Å²) in [6, 6.07) is 6.29. The fourth-order valence-electron chi connectivity index (χ4n) is 2.88. The van der Waals surface area contributed by atoms with Gasteiger partial charge in [0.2, 0.25) is 0 Å². The maximum Gasteiger partial charge on any atom is 0.266 e. The summed E-state index contributed by atoms with van der Waals surface area (Å²) in [5, 5.41) is 19.3. The van der Waals surface area contributed by atoms with Crippen molar-refractivity contribution in [1.29, 1.82) is 0 Å². The number of aliphatic hydroxyl groups excluding tert-OH is 2. The predicted molar refractivity (Wildman–Crippen MR) is 78.3 cm³/mol. The minimum atomic E-state index is -3.92. The lowest BCUT2D eigenvalue weighted by atomic mass is 9.87. The van der Waals surface area contributed by atoms with E-state index in [2.05, 4.69) is 0 Å². The van der Waals surface area contributed by atoms with Gasteiger partial charge in [0, 0.05) is 18.0 Å². The van der Waals surface area contributed by atoms with E-state index in [1.54, 1.807) is 12.1 Å². The van der Waals surface area contributed by atoms with Gasteiger partial charge in [-0.05, 0) is 31.6 Å². The number of hydrogen-bond acceptors (Lipinski definition) is 5. The fraction of sp³-hybridized carbons (Fsp3) is 0.400. The van der Waals surface area contributed by atoms with Crippen LogP contribution in [-0.2, 0) is 14.8 Å². The summed E-state index contributed by atoms with van der Waals surface area (Å²) in [5.74, 6) is -0.984. The number of nitrogens with zero attached hydrogens (tertiary/aromatic N) is 1. The summed E-state index contributed by atoms with van der Waals surface area (Å²) in [6.07, 6.45) is -0.648. The van der Waals surface area contributed by atoms with E-state index < -0.39 is 28.1 Å². The molecule has 1 fully saturated rings. The molecule has 118 valence electrons. The number of carbonyl (C=O) groups is 1. The Balaban J connectivity index is 1.95. The summed E-state index contributed by atoms with van der Waals surface area (Å²) in [5.41, 5.74) is 1.20. The van der Waals surface area contributed by atoms with Gasteiger partial charge in [-0.1, -0.05) is 17.7 Å². The molecule has 3 rings (SSSR count). The number of amides is 1. The molecule has 1 aromatic rings. The monoisotopic (exact) mass is 323 g/mol. The van der Waals surface area contributed by atoms with E-state index >= 15 is 0 Å². The van der Waals surface area contributed by atoms with Gasteiger partial charge in [-0.3, -0.25) is 4.79 Å². The van der Waals surface area contributed by atoms with Crippen LogP contribution in [0.4, 0.5) is 0 Å². The molecular formula is C15H17NO5S. The number of fused-ring (bicyclic) bond motifs is 1. The topological polar surface area (TPSA) is 94.9 Å². The first-order chi connectivity index (χ1) is 10.3. The first-order valence-corrected chi connectivity index (χ1v) is 8.46. The van der Waals surface area contributed by atoms with Gasteiger partial charge in [0.25, 0.3) is 15.9 Å². The van der Waals surface area contributed by atoms with Crippen molar-refractivity contribution < 1.29 is 23.4 Å². The average Bonchev–Trinajstić information content (AvgIpc) is 2.78. The first kappa shape index (κ1) is 15.2. The zero-order valence-electron chi connectivity index (χ0n) is 12.0. The summed E-state index contributed by atoms with van der Waals surface area (Å²) >= 11 is 0. The van der Waals surface area contributed by atoms with Crippen LogP contribution in [0.1, 0.15) is 12.0 Å². The molecule has 1 saturated heterocycles. The van der Waals surface area contributed by atoms with Gasteiger partial charge < -0.3 is 10.2 Å². The van der Waals surface area contributed by atoms with E-state index in [1.165, 1.54) is 18.2 Å². The number of rotatable bonds is 2. The molecule has 0 radical (unpaired) electrons. The highest BCUT2D eigenvalue weighted by Gasteiger charge is 2.45. The third-order valence-electron chi connectivity index (χ3n) is 4.18. The second-order valence-electron chi connectivity index (χ2n) is 5.77. The Kier molecular flexibility index (Phi) is 3.58. The molecule has 7 heteroatoms. The largest absolute Gasteiger partial charge is 0.390 e. The van der Waals surface area contributed by atoms with E-state index in [9.17, 15) is 23.4 Å². The zero-order chi connectivity index (χ0) is 16.1. The van der Waals surface area contributed by atoms with Crippen LogP contribution in [0.3, 0.4) is 0 Å². The van der Waals surface area contributed by atoms with Crippen molar-refractivity contribution in [2.75, 3.05) is 6.54 Å². The van der Waals surface area contributed by atoms with Crippen LogP contribution in [0.5, 0.6) is 0 Å². The van der Waals surface area contributed by atoms with Gasteiger partial charge >= 0.3 is 0 Å². The highest BCUT2D eigenvalue weighted by molar-refractivity contribution is 7.89. The minimum absolute atomic E-state index is 0.00462. The van der Waals surface area contributed by atoms with Crippen LogP contribution in [0.25, 0.3) is 0 Å². The summed E-state index contributed by atoms with van der Waals surface area (Å²) in [4.78, 5) is 12.4. The molecule has 0 unspecified atom stereocenters. The highest BCUT2D eigenvalue weighted by atomic mass is 32.2. The smallest absolute Gasteiger partial charge is 0.266 e. The Morgan fingerprint density at radius 1 is 1.18 bits per heavy atom. The van der Waals surface area contributed by atoms with Crippen molar-refractivity contribution in [3.63, 3.8) is 0 Å². The van der Waals surface area contributed by atoms with Gasteiger partial charge in [0.15, 0.2) is 0 Å². The highest BCUT2D eigenvalue weighted by Crippen LogP contribution is 2.36. The molecule has 1 aliphatic heterocycles. The second kappa shape index (κ2) is 5.19. The van der Waals surface area contributed by atoms with Gasteiger partial charge in [0.05, 0.1) is 17.1 Å². The molecular weight excluding hydrogens is 306 g/mol. The number of benzene rings is 1. The Bertz CT molecular complexity index is 738. The fourth-order valence-corrected chi connectivity index (χ4v) is 4.31. The third kappa shape index (κ3) is 2.35. The standard InChI is InChI=1S/C15H17NO5S/c1-9-2-4-11(5-3-9)22(20,21)16-8-10-6-13(17)14(18)7-12(10)15(16)19/h2-5,7,10,13-14,17-18H,6,8H2,1H3/t10-,13+,14+/m1/s1. The molecule has 1 heterocycles. The van der Waals surface area contributed by atoms with E-state index in [0.717, 1.165) is 9.87 Å². The molecule has 0 saturated carbocycles. The molecule has 3 atom stereocenters. The SMILES string of the molecule is Cc1ccc(S(=O)(=O)N2C[C@H]3C[C@H](O)[C@@H](O)C=C3C2=O)cc1. The van der Waals surface area contributed by atoms with Crippen molar-refractivity contribution in [2.45, 2.75) is 30.4 Å². The molecule has 2 aliphatic rings. The molecule has 1 aromatic carbocycles. The van der Waals surface area contributed by atoms with E-state index in [-0.39, 0.29) is 29.4 Å². The van der Waals surface area contributed by atoms with Crippen LogP contribution in [-0.4, -0.2) is 47.6 Å². The van der Waals surface area contributed by atoms with Crippen molar-refractivity contribution >= 4 is 15.9 Å². The number of aliphatic hydroxyl groups is 2. The molecule has 22 heavy (non-hydrogen) atoms. The predicted octanol–water partition coefficient (Wildman–Crippen LogP) is 0.194. The van der Waals surface area contributed by atoms with Gasteiger partial charge in [-0.25, -0.2) is 12.7 Å². The lowest BCUT2D eigenvalue weighted by molar-refractivity contribution is -0.120. The molecule has 0 aromatic heterocycles. The van der Waals surface area contributed by atoms with Crippen molar-refractivity contribution in [1.82, 2.24) is 4.31 Å². The lowest BCUT2D eigenvalue weighted by Gasteiger charge is -2.24.